The molecule has 0 saturated heterocycles. The van der Waals surface area contributed by atoms with Gasteiger partial charge in [0.2, 0.25) is 0 Å². The van der Waals surface area contributed by atoms with Crippen molar-refractivity contribution < 1.29 is 0 Å². The van der Waals surface area contributed by atoms with Crippen LogP contribution in [-0.2, 0) is 0 Å². The fraction of sp³-hybridized carbons (Fsp3) is 1.00. The van der Waals surface area contributed by atoms with Gasteiger partial charge in [0.05, 0.1) is 0 Å². The fourth-order valence-electron chi connectivity index (χ4n) is 2.13. The van der Waals surface area contributed by atoms with E-state index in [2.05, 4.69) is 20.8 Å². The molecule has 0 aliphatic heterocycles. The summed E-state index contributed by atoms with van der Waals surface area (Å²) in [6.45, 7) is 6.49. The van der Waals surface area contributed by atoms with Crippen molar-refractivity contribution in [1.29, 1.82) is 0 Å². The van der Waals surface area contributed by atoms with Gasteiger partial charge in [-0.2, -0.15) is 0 Å². The van der Waals surface area contributed by atoms with Gasteiger partial charge in [0, 0.05) is 11.6 Å². The highest BCUT2D eigenvalue weighted by atomic mass is 14.9. The highest BCUT2D eigenvalue weighted by molar-refractivity contribution is 5.01. The molecule has 0 heterocycles. The molecule has 0 aromatic heterocycles. The van der Waals surface area contributed by atoms with E-state index in [0.29, 0.717) is 0 Å². The Morgan fingerprint density at radius 2 is 1.73 bits per heavy atom. The van der Waals surface area contributed by atoms with Crippen molar-refractivity contribution >= 4 is 0 Å². The second-order valence-corrected chi connectivity index (χ2v) is 4.83. The third-order valence-electron chi connectivity index (χ3n) is 3.09. The van der Waals surface area contributed by atoms with E-state index in [1.165, 1.54) is 12.8 Å². The molecule has 2 unspecified atom stereocenters. The average Bonchev–Trinajstić information content (AvgIpc) is 1.82. The van der Waals surface area contributed by atoms with Gasteiger partial charge >= 0.3 is 0 Å². The lowest BCUT2D eigenvalue weighted by molar-refractivity contribution is 0.124. The number of hydrogen-bond donors (Lipinski definition) is 2. The van der Waals surface area contributed by atoms with E-state index in [-0.39, 0.29) is 17.0 Å². The van der Waals surface area contributed by atoms with Crippen LogP contribution in [0.15, 0.2) is 0 Å². The maximum absolute atomic E-state index is 6.07. The molecule has 2 nitrogen and oxygen atoms in total. The molecule has 0 aromatic rings. The molecular formula is C9H20N2. The van der Waals surface area contributed by atoms with Crippen LogP contribution in [0.5, 0.6) is 0 Å². The zero-order valence-electron chi connectivity index (χ0n) is 7.85. The van der Waals surface area contributed by atoms with Crippen LogP contribution in [0.1, 0.15) is 40.0 Å². The minimum absolute atomic E-state index is 0.142. The van der Waals surface area contributed by atoms with Gasteiger partial charge in [-0.1, -0.05) is 20.3 Å². The van der Waals surface area contributed by atoms with Gasteiger partial charge in [-0.15, -0.1) is 0 Å². The van der Waals surface area contributed by atoms with Gasteiger partial charge in [-0.25, -0.2) is 0 Å². The Balaban J connectivity index is 2.76. The Morgan fingerprint density at radius 3 is 2.09 bits per heavy atom. The first-order valence-corrected chi connectivity index (χ1v) is 4.41. The summed E-state index contributed by atoms with van der Waals surface area (Å²) in [7, 11) is 0. The molecule has 2 atom stereocenters. The lowest BCUT2D eigenvalue weighted by atomic mass is 9.65. The lowest BCUT2D eigenvalue weighted by Crippen LogP contribution is -2.61. The predicted octanol–water partition coefficient (Wildman–Crippen LogP) is 1.24. The van der Waals surface area contributed by atoms with Crippen molar-refractivity contribution in [2.45, 2.75) is 51.6 Å². The molecule has 0 radical (unpaired) electrons. The number of nitrogens with two attached hydrogens (primary N) is 2. The molecule has 1 fully saturated rings. The monoisotopic (exact) mass is 156 g/mol. The maximum atomic E-state index is 6.07. The van der Waals surface area contributed by atoms with Gasteiger partial charge < -0.3 is 11.5 Å². The summed E-state index contributed by atoms with van der Waals surface area (Å²) in [6.07, 6.45) is 3.49. The first-order valence-electron chi connectivity index (χ1n) is 4.41. The molecule has 1 aliphatic rings. The van der Waals surface area contributed by atoms with Crippen LogP contribution < -0.4 is 11.5 Å². The summed E-state index contributed by atoms with van der Waals surface area (Å²) >= 11 is 0. The molecule has 2 heteroatoms. The first kappa shape index (κ1) is 9.01. The summed E-state index contributed by atoms with van der Waals surface area (Å²) in [5.74, 6) is 0. The van der Waals surface area contributed by atoms with Crippen molar-refractivity contribution in [3.05, 3.63) is 0 Å². The SMILES string of the molecule is CC1(C)CCCC(C)(N)C1N. The molecule has 0 spiro atoms. The van der Waals surface area contributed by atoms with Crippen molar-refractivity contribution in [1.82, 2.24) is 0 Å². The molecule has 0 bridgehead atoms. The van der Waals surface area contributed by atoms with Crippen LogP contribution in [0.4, 0.5) is 0 Å². The van der Waals surface area contributed by atoms with Gasteiger partial charge in [0.25, 0.3) is 0 Å². The summed E-state index contributed by atoms with van der Waals surface area (Å²) < 4.78 is 0. The average molecular weight is 156 g/mol. The largest absolute Gasteiger partial charge is 0.326 e. The van der Waals surface area contributed by atoms with Crippen LogP contribution in [-0.4, -0.2) is 11.6 Å². The van der Waals surface area contributed by atoms with Gasteiger partial charge in [-0.05, 0) is 25.2 Å². The van der Waals surface area contributed by atoms with Gasteiger partial charge in [0.1, 0.15) is 0 Å². The summed E-state index contributed by atoms with van der Waals surface area (Å²) in [5, 5.41) is 0. The third-order valence-corrected chi connectivity index (χ3v) is 3.09. The molecule has 1 rings (SSSR count). The second-order valence-electron chi connectivity index (χ2n) is 4.83. The number of hydrogen-bond acceptors (Lipinski definition) is 2. The predicted molar refractivity (Wildman–Crippen MR) is 48.2 cm³/mol. The zero-order valence-corrected chi connectivity index (χ0v) is 7.85. The Hall–Kier alpha value is -0.0800. The van der Waals surface area contributed by atoms with E-state index >= 15 is 0 Å². The van der Waals surface area contributed by atoms with Crippen molar-refractivity contribution in [2.24, 2.45) is 16.9 Å². The van der Waals surface area contributed by atoms with Crippen LogP contribution in [0.3, 0.4) is 0 Å². The van der Waals surface area contributed by atoms with E-state index < -0.39 is 0 Å². The molecule has 11 heavy (non-hydrogen) atoms. The molecule has 1 aliphatic carbocycles. The zero-order chi connectivity index (χ0) is 8.70. The lowest BCUT2D eigenvalue weighted by Gasteiger charge is -2.46. The first-order chi connectivity index (χ1) is 4.86. The van der Waals surface area contributed by atoms with Crippen molar-refractivity contribution in [3.63, 3.8) is 0 Å². The Bertz CT molecular complexity index is 134. The Morgan fingerprint density at radius 1 is 1.18 bits per heavy atom. The molecule has 1 saturated carbocycles. The standard InChI is InChI=1S/C9H20N2/c1-8(2)5-4-6-9(3,11)7(8)10/h7H,4-6,10-11H2,1-3H3. The topological polar surface area (TPSA) is 52.0 Å². The fourth-order valence-corrected chi connectivity index (χ4v) is 2.13. The van der Waals surface area contributed by atoms with Crippen LogP contribution in [0.2, 0.25) is 0 Å². The van der Waals surface area contributed by atoms with Gasteiger partial charge in [-0.3, -0.25) is 0 Å². The Labute approximate surface area is 69.3 Å². The highest BCUT2D eigenvalue weighted by Crippen LogP contribution is 2.38. The highest BCUT2D eigenvalue weighted by Gasteiger charge is 2.41. The molecule has 0 amide bonds. The minimum Gasteiger partial charge on any atom is -0.326 e. The summed E-state index contributed by atoms with van der Waals surface area (Å²) in [4.78, 5) is 0. The maximum Gasteiger partial charge on any atom is 0.0284 e. The molecule has 66 valence electrons. The Kier molecular flexibility index (Phi) is 2.01. The molecule has 4 N–H and O–H groups in total. The van der Waals surface area contributed by atoms with E-state index in [1.54, 1.807) is 0 Å². The van der Waals surface area contributed by atoms with Crippen molar-refractivity contribution in [2.75, 3.05) is 0 Å². The molecule has 0 aromatic carbocycles. The van der Waals surface area contributed by atoms with Crippen molar-refractivity contribution in [3.8, 4) is 0 Å². The molecular weight excluding hydrogens is 136 g/mol. The normalized spacial score (nSPS) is 43.9. The third kappa shape index (κ3) is 1.57. The van der Waals surface area contributed by atoms with Crippen LogP contribution in [0.25, 0.3) is 0 Å². The van der Waals surface area contributed by atoms with E-state index in [0.717, 1.165) is 6.42 Å². The smallest absolute Gasteiger partial charge is 0.0284 e. The van der Waals surface area contributed by atoms with E-state index in [9.17, 15) is 0 Å². The van der Waals surface area contributed by atoms with E-state index in [4.69, 9.17) is 11.5 Å². The van der Waals surface area contributed by atoms with Gasteiger partial charge in [0.15, 0.2) is 0 Å². The van der Waals surface area contributed by atoms with Crippen LogP contribution >= 0.6 is 0 Å². The van der Waals surface area contributed by atoms with Crippen LogP contribution in [0, 0.1) is 5.41 Å². The number of rotatable bonds is 0. The second kappa shape index (κ2) is 2.46. The quantitative estimate of drug-likeness (QED) is 0.554. The van der Waals surface area contributed by atoms with E-state index in [1.807, 2.05) is 0 Å². The minimum atomic E-state index is -0.151. The summed E-state index contributed by atoms with van der Waals surface area (Å²) in [5.41, 5.74) is 12.2. The summed E-state index contributed by atoms with van der Waals surface area (Å²) in [6, 6.07) is 0.142.